The van der Waals surface area contributed by atoms with Crippen molar-refractivity contribution in [1.29, 1.82) is 0 Å². The van der Waals surface area contributed by atoms with Gasteiger partial charge in [-0.25, -0.2) is 10.4 Å². The van der Waals surface area contributed by atoms with Gasteiger partial charge >= 0.3 is 0 Å². The molecule has 0 atom stereocenters. The van der Waals surface area contributed by atoms with Gasteiger partial charge in [0.25, 0.3) is 5.91 Å². The number of aromatic nitrogens is 2. The number of hydrogen-bond acceptors (Lipinski definition) is 6. The monoisotopic (exact) mass is 438 g/mol. The van der Waals surface area contributed by atoms with Gasteiger partial charge in [-0.05, 0) is 31.5 Å². The highest BCUT2D eigenvalue weighted by Crippen LogP contribution is 2.26. The van der Waals surface area contributed by atoms with Crippen LogP contribution in [0.4, 0.5) is 5.13 Å². The van der Waals surface area contributed by atoms with Gasteiger partial charge in [0.15, 0.2) is 5.13 Å². The normalized spacial score (nSPS) is 11.3. The summed E-state index contributed by atoms with van der Waals surface area (Å²) in [5.41, 5.74) is 10.2. The van der Waals surface area contributed by atoms with Gasteiger partial charge in [0.05, 0.1) is 23.5 Å². The van der Waals surface area contributed by atoms with Crippen LogP contribution in [-0.4, -0.2) is 35.0 Å². The van der Waals surface area contributed by atoms with Crippen LogP contribution < -0.4 is 21.5 Å². The molecular weight excluding hydrogens is 412 g/mol. The van der Waals surface area contributed by atoms with Crippen LogP contribution in [0.2, 0.25) is 0 Å². The van der Waals surface area contributed by atoms with Crippen LogP contribution in [0.1, 0.15) is 29.8 Å². The third-order valence-electron chi connectivity index (χ3n) is 4.56. The molecular formula is C22H26N6O2S. The zero-order valence-electron chi connectivity index (χ0n) is 17.7. The topological polar surface area (TPSA) is 100 Å². The van der Waals surface area contributed by atoms with Crippen molar-refractivity contribution >= 4 is 34.0 Å². The van der Waals surface area contributed by atoms with Gasteiger partial charge in [0, 0.05) is 36.9 Å². The number of rotatable bonds is 9. The molecule has 4 N–H and O–H groups in total. The van der Waals surface area contributed by atoms with E-state index in [0.29, 0.717) is 10.7 Å². The van der Waals surface area contributed by atoms with E-state index in [9.17, 15) is 9.59 Å². The van der Waals surface area contributed by atoms with E-state index in [2.05, 4.69) is 26.5 Å². The zero-order valence-corrected chi connectivity index (χ0v) is 18.5. The zero-order chi connectivity index (χ0) is 22.2. The highest BCUT2D eigenvalue weighted by Gasteiger charge is 2.12. The van der Waals surface area contributed by atoms with Gasteiger partial charge < -0.3 is 20.6 Å². The number of allylic oxidation sites excluding steroid dienone is 1. The van der Waals surface area contributed by atoms with E-state index < -0.39 is 0 Å². The standard InChI is InChI=1S/C22H26N6O2S/c1-4-18(27-23-3)15-7-6-8-16(11-15)19-14-31-22(25-19)26-20(29)12-24-21(30)17-9-10-28(5-2)13-17/h4,6-11,13-14,23,27H,5,12H2,1-3H3,(H,24,30)(H,25,26,29)/b18-4-. The van der Waals surface area contributed by atoms with Crippen LogP contribution in [0.15, 0.2) is 54.2 Å². The van der Waals surface area contributed by atoms with Crippen LogP contribution in [0.5, 0.6) is 0 Å². The maximum atomic E-state index is 12.2. The Kier molecular flexibility index (Phi) is 7.58. The lowest BCUT2D eigenvalue weighted by Crippen LogP contribution is -2.32. The van der Waals surface area contributed by atoms with Crippen molar-refractivity contribution in [3.63, 3.8) is 0 Å². The molecule has 0 fully saturated rings. The summed E-state index contributed by atoms with van der Waals surface area (Å²) < 4.78 is 1.90. The average molecular weight is 439 g/mol. The average Bonchev–Trinajstić information content (AvgIpc) is 3.45. The molecule has 0 saturated carbocycles. The Morgan fingerprint density at radius 3 is 2.77 bits per heavy atom. The Hall–Kier alpha value is -3.43. The molecule has 2 heterocycles. The molecule has 8 nitrogen and oxygen atoms in total. The van der Waals surface area contributed by atoms with Crippen molar-refractivity contribution in [2.75, 3.05) is 18.9 Å². The molecule has 0 aliphatic carbocycles. The minimum atomic E-state index is -0.327. The van der Waals surface area contributed by atoms with Crippen LogP contribution >= 0.6 is 11.3 Å². The Morgan fingerprint density at radius 2 is 2.06 bits per heavy atom. The summed E-state index contributed by atoms with van der Waals surface area (Å²) in [5, 5.41) is 7.74. The third-order valence-corrected chi connectivity index (χ3v) is 5.31. The van der Waals surface area contributed by atoms with Gasteiger partial charge in [0.1, 0.15) is 0 Å². The number of amides is 2. The summed E-state index contributed by atoms with van der Waals surface area (Å²) in [4.78, 5) is 28.9. The number of nitrogens with zero attached hydrogens (tertiary/aromatic N) is 2. The number of benzene rings is 1. The fourth-order valence-electron chi connectivity index (χ4n) is 2.95. The first-order valence-electron chi connectivity index (χ1n) is 9.93. The number of carbonyl (C=O) groups is 2. The summed E-state index contributed by atoms with van der Waals surface area (Å²) in [5.74, 6) is -0.610. The molecule has 3 aromatic rings. The summed E-state index contributed by atoms with van der Waals surface area (Å²) >= 11 is 1.34. The molecule has 31 heavy (non-hydrogen) atoms. The highest BCUT2D eigenvalue weighted by molar-refractivity contribution is 7.14. The first-order valence-corrected chi connectivity index (χ1v) is 10.8. The molecule has 2 aromatic heterocycles. The SMILES string of the molecule is C/C=C(\NNC)c1cccc(-c2csc(NC(=O)CNC(=O)c3ccn(CC)c3)n2)c1. The number of carbonyl (C=O) groups excluding carboxylic acids is 2. The summed E-state index contributed by atoms with van der Waals surface area (Å²) in [6, 6.07) is 9.70. The maximum Gasteiger partial charge on any atom is 0.253 e. The molecule has 0 bridgehead atoms. The van der Waals surface area contributed by atoms with Gasteiger partial charge in [-0.15, -0.1) is 11.3 Å². The molecule has 0 spiro atoms. The maximum absolute atomic E-state index is 12.2. The van der Waals surface area contributed by atoms with E-state index in [1.54, 1.807) is 12.3 Å². The van der Waals surface area contributed by atoms with Crippen molar-refractivity contribution in [3.8, 4) is 11.3 Å². The second kappa shape index (κ2) is 10.6. The first kappa shape index (κ1) is 22.3. The Bertz CT molecular complexity index is 1090. The lowest BCUT2D eigenvalue weighted by atomic mass is 10.1. The van der Waals surface area contributed by atoms with E-state index in [1.807, 2.05) is 67.4 Å². The van der Waals surface area contributed by atoms with E-state index in [4.69, 9.17) is 0 Å². The highest BCUT2D eigenvalue weighted by atomic mass is 32.1. The molecule has 0 unspecified atom stereocenters. The van der Waals surface area contributed by atoms with Crippen LogP contribution in [0, 0.1) is 0 Å². The van der Waals surface area contributed by atoms with Crippen LogP contribution in [0.3, 0.4) is 0 Å². The first-order chi connectivity index (χ1) is 15.0. The van der Waals surface area contributed by atoms with Gasteiger partial charge in [-0.1, -0.05) is 24.3 Å². The quantitative estimate of drug-likeness (QED) is 0.385. The number of hydrazine groups is 1. The molecule has 0 aliphatic rings. The molecule has 9 heteroatoms. The summed E-state index contributed by atoms with van der Waals surface area (Å²) in [6.45, 7) is 4.61. The van der Waals surface area contributed by atoms with E-state index in [1.165, 1.54) is 11.3 Å². The number of anilines is 1. The summed E-state index contributed by atoms with van der Waals surface area (Å²) in [6.07, 6.45) is 5.56. The molecule has 0 radical (unpaired) electrons. The molecule has 3 rings (SSSR count). The van der Waals surface area contributed by atoms with Crippen molar-refractivity contribution in [2.45, 2.75) is 20.4 Å². The lowest BCUT2D eigenvalue weighted by Gasteiger charge is -2.10. The van der Waals surface area contributed by atoms with E-state index >= 15 is 0 Å². The van der Waals surface area contributed by atoms with E-state index in [-0.39, 0.29) is 18.4 Å². The number of hydrogen-bond donors (Lipinski definition) is 4. The minimum Gasteiger partial charge on any atom is -0.354 e. The number of nitrogens with one attached hydrogen (secondary N) is 4. The third kappa shape index (κ3) is 5.80. The predicted octanol–water partition coefficient (Wildman–Crippen LogP) is 3.08. The Morgan fingerprint density at radius 1 is 1.23 bits per heavy atom. The second-order valence-corrected chi connectivity index (χ2v) is 7.52. The molecule has 1 aromatic carbocycles. The second-order valence-electron chi connectivity index (χ2n) is 6.66. The van der Waals surface area contributed by atoms with Crippen molar-refractivity contribution in [3.05, 3.63) is 65.3 Å². The van der Waals surface area contributed by atoms with Crippen LogP contribution in [-0.2, 0) is 11.3 Å². The smallest absolute Gasteiger partial charge is 0.253 e. The fraction of sp³-hybridized carbons (Fsp3) is 0.227. The number of aryl methyl sites for hydroxylation is 1. The molecule has 2 amide bonds. The van der Waals surface area contributed by atoms with E-state index in [0.717, 1.165) is 29.1 Å². The summed E-state index contributed by atoms with van der Waals surface area (Å²) in [7, 11) is 1.81. The fourth-order valence-corrected chi connectivity index (χ4v) is 3.69. The largest absolute Gasteiger partial charge is 0.354 e. The predicted molar refractivity (Wildman–Crippen MR) is 124 cm³/mol. The van der Waals surface area contributed by atoms with Gasteiger partial charge in [0.2, 0.25) is 5.91 Å². The minimum absolute atomic E-state index is 0.124. The van der Waals surface area contributed by atoms with Crippen molar-refractivity contribution in [2.24, 2.45) is 0 Å². The lowest BCUT2D eigenvalue weighted by molar-refractivity contribution is -0.115. The van der Waals surface area contributed by atoms with Crippen molar-refractivity contribution in [1.82, 2.24) is 25.7 Å². The molecule has 0 saturated heterocycles. The van der Waals surface area contributed by atoms with Gasteiger partial charge in [-0.2, -0.15) is 0 Å². The van der Waals surface area contributed by atoms with Gasteiger partial charge in [-0.3, -0.25) is 9.59 Å². The molecule has 162 valence electrons. The van der Waals surface area contributed by atoms with Crippen LogP contribution in [0.25, 0.3) is 17.0 Å². The Balaban J connectivity index is 1.59. The Labute approximate surface area is 185 Å². The molecule has 0 aliphatic heterocycles. The van der Waals surface area contributed by atoms with Crippen molar-refractivity contribution < 1.29 is 9.59 Å². The number of thiazole rings is 1.